The fourth-order valence-electron chi connectivity index (χ4n) is 2.98. The number of aryl methyl sites for hydroxylation is 2. The summed E-state index contributed by atoms with van der Waals surface area (Å²) >= 11 is 0. The van der Waals surface area contributed by atoms with E-state index in [1.807, 2.05) is 18.2 Å². The molecule has 26 heavy (non-hydrogen) atoms. The fraction of sp³-hybridized carbons (Fsp3) is 0.250. The number of amides is 1. The molecule has 6 heteroatoms. The number of aromatic nitrogens is 2. The zero-order valence-electron chi connectivity index (χ0n) is 14.6. The molecule has 0 fully saturated rings. The van der Waals surface area contributed by atoms with Gasteiger partial charge in [-0.05, 0) is 43.5 Å². The number of nitrogens with one attached hydrogen (secondary N) is 2. The molecule has 0 saturated heterocycles. The van der Waals surface area contributed by atoms with Crippen LogP contribution in [0.15, 0.2) is 58.1 Å². The number of carbonyl (C=O) groups is 1. The van der Waals surface area contributed by atoms with E-state index in [4.69, 9.17) is 0 Å². The van der Waals surface area contributed by atoms with Gasteiger partial charge in [0.25, 0.3) is 5.91 Å². The quantitative estimate of drug-likeness (QED) is 0.527. The number of aromatic amines is 1. The van der Waals surface area contributed by atoms with Crippen LogP contribution in [0.1, 0.15) is 29.3 Å². The summed E-state index contributed by atoms with van der Waals surface area (Å²) in [4.78, 5) is 38.5. The van der Waals surface area contributed by atoms with Gasteiger partial charge in [-0.1, -0.05) is 30.3 Å². The van der Waals surface area contributed by atoms with E-state index in [9.17, 15) is 14.4 Å². The molecule has 3 aromatic rings. The maximum absolute atomic E-state index is 12.3. The first-order valence-electron chi connectivity index (χ1n) is 8.69. The van der Waals surface area contributed by atoms with E-state index in [0.29, 0.717) is 29.7 Å². The molecule has 0 aliphatic heterocycles. The molecule has 0 saturated carbocycles. The molecule has 134 valence electrons. The number of nitrogens with zero attached hydrogens (tertiary/aromatic N) is 1. The Morgan fingerprint density at radius 3 is 2.62 bits per heavy atom. The Kier molecular flexibility index (Phi) is 5.31. The van der Waals surface area contributed by atoms with Crippen molar-refractivity contribution >= 4 is 16.9 Å². The minimum absolute atomic E-state index is 0.199. The highest BCUT2D eigenvalue weighted by Gasteiger charge is 2.10. The SMILES string of the molecule is CCn1c(=O)c(=O)[nH]c2cc(C(=O)NCCCc3ccccc3)ccc21. The minimum Gasteiger partial charge on any atom is -0.352 e. The number of H-pyrrole nitrogens is 1. The lowest BCUT2D eigenvalue weighted by atomic mass is 10.1. The van der Waals surface area contributed by atoms with Gasteiger partial charge in [-0.2, -0.15) is 0 Å². The van der Waals surface area contributed by atoms with Crippen LogP contribution in [0.3, 0.4) is 0 Å². The van der Waals surface area contributed by atoms with E-state index in [0.717, 1.165) is 12.8 Å². The van der Waals surface area contributed by atoms with E-state index >= 15 is 0 Å². The fourth-order valence-corrected chi connectivity index (χ4v) is 2.98. The number of rotatable bonds is 6. The topological polar surface area (TPSA) is 84.0 Å². The molecule has 0 aliphatic carbocycles. The van der Waals surface area contributed by atoms with Gasteiger partial charge in [0.15, 0.2) is 0 Å². The summed E-state index contributed by atoms with van der Waals surface area (Å²) in [5.74, 6) is -0.199. The van der Waals surface area contributed by atoms with Crippen molar-refractivity contribution in [2.24, 2.45) is 0 Å². The van der Waals surface area contributed by atoms with Crippen LogP contribution >= 0.6 is 0 Å². The molecule has 2 N–H and O–H groups in total. The lowest BCUT2D eigenvalue weighted by molar-refractivity contribution is 0.0953. The summed E-state index contributed by atoms with van der Waals surface area (Å²) in [6, 6.07) is 15.1. The van der Waals surface area contributed by atoms with Gasteiger partial charge in [0.1, 0.15) is 0 Å². The predicted molar refractivity (Wildman–Crippen MR) is 102 cm³/mol. The van der Waals surface area contributed by atoms with Crippen LogP contribution in [0.5, 0.6) is 0 Å². The smallest absolute Gasteiger partial charge is 0.316 e. The molecule has 0 spiro atoms. The molecule has 1 amide bonds. The highest BCUT2D eigenvalue weighted by Crippen LogP contribution is 2.11. The number of benzene rings is 2. The van der Waals surface area contributed by atoms with Gasteiger partial charge < -0.3 is 14.9 Å². The molecule has 0 unspecified atom stereocenters. The van der Waals surface area contributed by atoms with Crippen LogP contribution in [-0.2, 0) is 13.0 Å². The summed E-state index contributed by atoms with van der Waals surface area (Å²) in [6.07, 6.45) is 1.74. The average Bonchev–Trinajstić information content (AvgIpc) is 2.66. The number of carbonyl (C=O) groups excluding carboxylic acids is 1. The summed E-state index contributed by atoms with van der Waals surface area (Å²) < 4.78 is 1.40. The van der Waals surface area contributed by atoms with E-state index in [-0.39, 0.29) is 5.91 Å². The van der Waals surface area contributed by atoms with Crippen molar-refractivity contribution < 1.29 is 4.79 Å². The van der Waals surface area contributed by atoms with E-state index in [2.05, 4.69) is 22.4 Å². The Bertz CT molecular complexity index is 1040. The van der Waals surface area contributed by atoms with Crippen LogP contribution in [-0.4, -0.2) is 22.0 Å². The van der Waals surface area contributed by atoms with Gasteiger partial charge in [-0.3, -0.25) is 14.4 Å². The lowest BCUT2D eigenvalue weighted by Crippen LogP contribution is -2.36. The predicted octanol–water partition coefficient (Wildman–Crippen LogP) is 2.07. The van der Waals surface area contributed by atoms with Crippen LogP contribution in [0, 0.1) is 0 Å². The second-order valence-corrected chi connectivity index (χ2v) is 6.08. The monoisotopic (exact) mass is 351 g/mol. The highest BCUT2D eigenvalue weighted by atomic mass is 16.2. The van der Waals surface area contributed by atoms with Gasteiger partial charge in [0, 0.05) is 18.7 Å². The lowest BCUT2D eigenvalue weighted by Gasteiger charge is -2.09. The molecular weight excluding hydrogens is 330 g/mol. The van der Waals surface area contributed by atoms with Gasteiger partial charge in [-0.25, -0.2) is 0 Å². The average molecular weight is 351 g/mol. The molecule has 0 bridgehead atoms. The van der Waals surface area contributed by atoms with Gasteiger partial charge >= 0.3 is 11.1 Å². The molecule has 1 heterocycles. The first-order valence-corrected chi connectivity index (χ1v) is 8.69. The number of hydrogen-bond acceptors (Lipinski definition) is 3. The van der Waals surface area contributed by atoms with Gasteiger partial charge in [0.05, 0.1) is 11.0 Å². The highest BCUT2D eigenvalue weighted by molar-refractivity contribution is 5.97. The third kappa shape index (κ3) is 3.74. The Hall–Kier alpha value is -3.15. The third-order valence-corrected chi connectivity index (χ3v) is 4.32. The van der Waals surface area contributed by atoms with Crippen molar-refractivity contribution in [3.05, 3.63) is 80.4 Å². The molecule has 0 aliphatic rings. The Morgan fingerprint density at radius 1 is 1.12 bits per heavy atom. The summed E-state index contributed by atoms with van der Waals surface area (Å²) in [5, 5.41) is 2.89. The molecule has 0 radical (unpaired) electrons. The molecule has 6 nitrogen and oxygen atoms in total. The van der Waals surface area contributed by atoms with Gasteiger partial charge in [0.2, 0.25) is 0 Å². The second kappa shape index (κ2) is 7.82. The van der Waals surface area contributed by atoms with E-state index in [1.54, 1.807) is 25.1 Å². The van der Waals surface area contributed by atoms with Crippen LogP contribution < -0.4 is 16.4 Å². The normalized spacial score (nSPS) is 10.8. The van der Waals surface area contributed by atoms with Crippen molar-refractivity contribution in [3.8, 4) is 0 Å². The zero-order chi connectivity index (χ0) is 18.5. The molecule has 3 rings (SSSR count). The third-order valence-electron chi connectivity index (χ3n) is 4.32. The Labute approximate surface area is 150 Å². The maximum atomic E-state index is 12.3. The molecule has 0 atom stereocenters. The van der Waals surface area contributed by atoms with Crippen LogP contribution in [0.2, 0.25) is 0 Å². The largest absolute Gasteiger partial charge is 0.352 e. The van der Waals surface area contributed by atoms with Crippen molar-refractivity contribution in [2.45, 2.75) is 26.3 Å². The van der Waals surface area contributed by atoms with Crippen molar-refractivity contribution in [1.82, 2.24) is 14.9 Å². The van der Waals surface area contributed by atoms with E-state index in [1.165, 1.54) is 10.1 Å². The number of hydrogen-bond donors (Lipinski definition) is 2. The molecular formula is C20H21N3O3. The van der Waals surface area contributed by atoms with Crippen molar-refractivity contribution in [2.75, 3.05) is 6.54 Å². The summed E-state index contributed by atoms with van der Waals surface area (Å²) in [7, 11) is 0. The molecule has 1 aromatic heterocycles. The van der Waals surface area contributed by atoms with E-state index < -0.39 is 11.1 Å². The first kappa shape index (κ1) is 17.7. The van der Waals surface area contributed by atoms with Crippen molar-refractivity contribution in [1.29, 1.82) is 0 Å². The van der Waals surface area contributed by atoms with Crippen LogP contribution in [0.25, 0.3) is 11.0 Å². The standard InChI is InChI=1S/C20H21N3O3/c1-2-23-17-11-10-15(13-16(17)22-19(25)20(23)26)18(24)21-12-6-9-14-7-4-3-5-8-14/h3-5,7-8,10-11,13H,2,6,9,12H2,1H3,(H,21,24)(H,22,25). The summed E-state index contributed by atoms with van der Waals surface area (Å²) in [6.45, 7) is 2.76. The molecule has 2 aromatic carbocycles. The van der Waals surface area contributed by atoms with Gasteiger partial charge in [-0.15, -0.1) is 0 Å². The first-order chi connectivity index (χ1) is 12.6. The zero-order valence-corrected chi connectivity index (χ0v) is 14.6. The second-order valence-electron chi connectivity index (χ2n) is 6.08. The van der Waals surface area contributed by atoms with Crippen LogP contribution in [0.4, 0.5) is 0 Å². The number of fused-ring (bicyclic) bond motifs is 1. The summed E-state index contributed by atoms with van der Waals surface area (Å²) in [5.41, 5.74) is 1.51. The Balaban J connectivity index is 1.69. The van der Waals surface area contributed by atoms with Crippen molar-refractivity contribution in [3.63, 3.8) is 0 Å². The minimum atomic E-state index is -0.681. The Morgan fingerprint density at radius 2 is 1.88 bits per heavy atom. The maximum Gasteiger partial charge on any atom is 0.316 e.